The number of carbonyl (C=O) groups excluding carboxylic acids is 1. The molecule has 1 saturated heterocycles. The van der Waals surface area contributed by atoms with Crippen LogP contribution < -0.4 is 0 Å². The summed E-state index contributed by atoms with van der Waals surface area (Å²) in [5.74, 6) is 2.14. The minimum absolute atomic E-state index is 0.0864. The molecule has 124 valence electrons. The van der Waals surface area contributed by atoms with Gasteiger partial charge in [0, 0.05) is 36.3 Å². The molecule has 2 aromatic rings. The number of aryl methyl sites for hydroxylation is 1. The SMILES string of the molecule is Cc1oc(C(C)(C)C)cc1C(=O)N1CCC(c2cnc[nH]2)CC1. The third-order valence-corrected chi connectivity index (χ3v) is 4.63. The van der Waals surface area contributed by atoms with Gasteiger partial charge < -0.3 is 14.3 Å². The summed E-state index contributed by atoms with van der Waals surface area (Å²) in [6.45, 7) is 9.70. The van der Waals surface area contributed by atoms with E-state index in [-0.39, 0.29) is 11.3 Å². The number of amides is 1. The lowest BCUT2D eigenvalue weighted by Crippen LogP contribution is -2.38. The van der Waals surface area contributed by atoms with Crippen LogP contribution in [0.15, 0.2) is 23.0 Å². The van der Waals surface area contributed by atoms with Crippen LogP contribution in [-0.4, -0.2) is 33.9 Å². The number of furan rings is 1. The van der Waals surface area contributed by atoms with Crippen molar-refractivity contribution in [3.8, 4) is 0 Å². The summed E-state index contributed by atoms with van der Waals surface area (Å²) in [6.07, 6.45) is 5.54. The first kappa shape index (κ1) is 15.8. The third kappa shape index (κ3) is 3.19. The van der Waals surface area contributed by atoms with Crippen LogP contribution in [0.3, 0.4) is 0 Å². The van der Waals surface area contributed by atoms with E-state index < -0.39 is 0 Å². The van der Waals surface area contributed by atoms with Crippen molar-refractivity contribution in [2.45, 2.75) is 51.9 Å². The first-order valence-electron chi connectivity index (χ1n) is 8.24. The van der Waals surface area contributed by atoms with Gasteiger partial charge in [-0.15, -0.1) is 0 Å². The lowest BCUT2D eigenvalue weighted by Gasteiger charge is -2.31. The maximum absolute atomic E-state index is 12.8. The standard InChI is InChI=1S/C18H25N3O2/c1-12-14(9-16(23-12)18(2,3)4)17(22)21-7-5-13(6-8-21)15-10-19-11-20-15/h9-11,13H,5-8H2,1-4H3,(H,19,20). The highest BCUT2D eigenvalue weighted by atomic mass is 16.3. The van der Waals surface area contributed by atoms with Gasteiger partial charge in [-0.2, -0.15) is 0 Å². The van der Waals surface area contributed by atoms with Crippen LogP contribution in [0.25, 0.3) is 0 Å². The minimum atomic E-state index is -0.0864. The van der Waals surface area contributed by atoms with E-state index in [0.717, 1.165) is 37.5 Å². The highest BCUT2D eigenvalue weighted by Gasteiger charge is 2.29. The summed E-state index contributed by atoms with van der Waals surface area (Å²) in [7, 11) is 0. The number of nitrogens with one attached hydrogen (secondary N) is 1. The topological polar surface area (TPSA) is 62.1 Å². The van der Waals surface area contributed by atoms with Crippen molar-refractivity contribution >= 4 is 5.91 Å². The molecule has 5 heteroatoms. The quantitative estimate of drug-likeness (QED) is 0.920. The number of hydrogen-bond acceptors (Lipinski definition) is 3. The molecule has 3 rings (SSSR count). The molecule has 0 aromatic carbocycles. The molecule has 3 heterocycles. The van der Waals surface area contributed by atoms with E-state index in [4.69, 9.17) is 4.42 Å². The Morgan fingerprint density at radius 3 is 2.57 bits per heavy atom. The van der Waals surface area contributed by atoms with Crippen LogP contribution in [0.5, 0.6) is 0 Å². The first-order chi connectivity index (χ1) is 10.9. The van der Waals surface area contributed by atoms with Crippen LogP contribution in [0.4, 0.5) is 0 Å². The third-order valence-electron chi connectivity index (χ3n) is 4.63. The van der Waals surface area contributed by atoms with Gasteiger partial charge in [-0.05, 0) is 25.8 Å². The second-order valence-electron chi connectivity index (χ2n) is 7.40. The fourth-order valence-electron chi connectivity index (χ4n) is 3.12. The van der Waals surface area contributed by atoms with Crippen molar-refractivity contribution in [1.29, 1.82) is 0 Å². The number of rotatable bonds is 2. The molecule has 0 atom stereocenters. The Balaban J connectivity index is 1.69. The molecular formula is C18H25N3O2. The van der Waals surface area contributed by atoms with E-state index in [1.54, 1.807) is 6.33 Å². The fraction of sp³-hybridized carbons (Fsp3) is 0.556. The van der Waals surface area contributed by atoms with Crippen molar-refractivity contribution in [2.24, 2.45) is 0 Å². The second kappa shape index (κ2) is 5.87. The highest BCUT2D eigenvalue weighted by Crippen LogP contribution is 2.30. The number of piperidine rings is 1. The summed E-state index contributed by atoms with van der Waals surface area (Å²) in [5, 5.41) is 0. The molecule has 2 aromatic heterocycles. The lowest BCUT2D eigenvalue weighted by molar-refractivity contribution is 0.0710. The number of carbonyl (C=O) groups is 1. The number of imidazole rings is 1. The maximum Gasteiger partial charge on any atom is 0.257 e. The largest absolute Gasteiger partial charge is 0.465 e. The number of hydrogen-bond donors (Lipinski definition) is 1. The molecule has 1 amide bonds. The number of H-pyrrole nitrogens is 1. The van der Waals surface area contributed by atoms with Crippen LogP contribution in [-0.2, 0) is 5.41 Å². The number of nitrogens with zero attached hydrogens (tertiary/aromatic N) is 2. The Kier molecular flexibility index (Phi) is 4.04. The molecule has 0 aliphatic carbocycles. The molecule has 23 heavy (non-hydrogen) atoms. The summed E-state index contributed by atoms with van der Waals surface area (Å²) in [4.78, 5) is 22.0. The molecule has 1 fully saturated rings. The predicted molar refractivity (Wildman–Crippen MR) is 88.6 cm³/mol. The molecule has 0 saturated carbocycles. The zero-order valence-corrected chi connectivity index (χ0v) is 14.3. The van der Waals surface area contributed by atoms with Crippen LogP contribution in [0, 0.1) is 6.92 Å². The minimum Gasteiger partial charge on any atom is -0.465 e. The Hall–Kier alpha value is -2.04. The normalized spacial score (nSPS) is 16.8. The Morgan fingerprint density at radius 1 is 1.35 bits per heavy atom. The second-order valence-corrected chi connectivity index (χ2v) is 7.40. The van der Waals surface area contributed by atoms with E-state index in [1.165, 1.54) is 5.69 Å². The number of aromatic nitrogens is 2. The van der Waals surface area contributed by atoms with Crippen LogP contribution in [0.1, 0.15) is 67.1 Å². The highest BCUT2D eigenvalue weighted by molar-refractivity contribution is 5.95. The molecule has 5 nitrogen and oxygen atoms in total. The smallest absolute Gasteiger partial charge is 0.257 e. The van der Waals surface area contributed by atoms with E-state index in [1.807, 2.05) is 24.1 Å². The van der Waals surface area contributed by atoms with Crippen LogP contribution in [0.2, 0.25) is 0 Å². The van der Waals surface area contributed by atoms with Gasteiger partial charge in [-0.3, -0.25) is 4.79 Å². The monoisotopic (exact) mass is 315 g/mol. The van der Waals surface area contributed by atoms with Gasteiger partial charge in [-0.1, -0.05) is 20.8 Å². The van der Waals surface area contributed by atoms with Gasteiger partial charge in [0.15, 0.2) is 0 Å². The molecule has 0 spiro atoms. The molecular weight excluding hydrogens is 290 g/mol. The Bertz CT molecular complexity index is 672. The first-order valence-corrected chi connectivity index (χ1v) is 8.24. The zero-order chi connectivity index (χ0) is 16.6. The average Bonchev–Trinajstić information content (AvgIpc) is 3.15. The average molecular weight is 315 g/mol. The van der Waals surface area contributed by atoms with Crippen molar-refractivity contribution < 1.29 is 9.21 Å². The zero-order valence-electron chi connectivity index (χ0n) is 14.3. The van der Waals surface area contributed by atoms with Gasteiger partial charge in [0.05, 0.1) is 11.9 Å². The van der Waals surface area contributed by atoms with Crippen molar-refractivity contribution in [3.05, 3.63) is 41.4 Å². The van der Waals surface area contributed by atoms with E-state index in [9.17, 15) is 4.79 Å². The number of likely N-dealkylation sites (tertiary alicyclic amines) is 1. The molecule has 0 radical (unpaired) electrons. The van der Waals surface area contributed by atoms with E-state index in [2.05, 4.69) is 30.7 Å². The van der Waals surface area contributed by atoms with E-state index >= 15 is 0 Å². The van der Waals surface area contributed by atoms with Gasteiger partial charge in [0.2, 0.25) is 0 Å². The molecule has 1 N–H and O–H groups in total. The Morgan fingerprint density at radius 2 is 2.04 bits per heavy atom. The van der Waals surface area contributed by atoms with Gasteiger partial charge in [0.1, 0.15) is 11.5 Å². The molecule has 1 aliphatic heterocycles. The molecule has 0 bridgehead atoms. The van der Waals surface area contributed by atoms with Crippen molar-refractivity contribution in [3.63, 3.8) is 0 Å². The number of aromatic amines is 1. The van der Waals surface area contributed by atoms with Crippen LogP contribution >= 0.6 is 0 Å². The lowest BCUT2D eigenvalue weighted by atomic mass is 9.92. The summed E-state index contributed by atoms with van der Waals surface area (Å²) >= 11 is 0. The summed E-state index contributed by atoms with van der Waals surface area (Å²) in [5.41, 5.74) is 1.79. The predicted octanol–water partition coefficient (Wildman–Crippen LogP) is 3.63. The van der Waals surface area contributed by atoms with E-state index in [0.29, 0.717) is 11.5 Å². The van der Waals surface area contributed by atoms with Gasteiger partial charge in [-0.25, -0.2) is 4.98 Å². The van der Waals surface area contributed by atoms with Gasteiger partial charge >= 0.3 is 0 Å². The summed E-state index contributed by atoms with van der Waals surface area (Å²) in [6, 6.07) is 1.92. The van der Waals surface area contributed by atoms with Gasteiger partial charge in [0.25, 0.3) is 5.91 Å². The van der Waals surface area contributed by atoms with Crippen molar-refractivity contribution in [2.75, 3.05) is 13.1 Å². The Labute approximate surface area is 137 Å². The molecule has 1 aliphatic rings. The van der Waals surface area contributed by atoms with Crippen molar-refractivity contribution in [1.82, 2.24) is 14.9 Å². The molecule has 0 unspecified atom stereocenters. The maximum atomic E-state index is 12.8. The fourth-order valence-corrected chi connectivity index (χ4v) is 3.12. The summed E-state index contributed by atoms with van der Waals surface area (Å²) < 4.78 is 5.81.